The van der Waals surface area contributed by atoms with E-state index in [0.29, 0.717) is 6.54 Å². The SMILES string of the molecule is COc1ccc(CNC(=O)[C@@H](C)[NH+]2CCC[C@@H]2c2cc(OC)ccc2OC)cc1. The summed E-state index contributed by atoms with van der Waals surface area (Å²) in [5, 5.41) is 3.08. The first kappa shape index (κ1) is 21.0. The molecule has 156 valence electrons. The molecule has 1 aliphatic rings. The van der Waals surface area contributed by atoms with Gasteiger partial charge in [-0.3, -0.25) is 4.79 Å². The number of rotatable bonds is 8. The van der Waals surface area contributed by atoms with Gasteiger partial charge in [0.15, 0.2) is 6.04 Å². The molecule has 0 bridgehead atoms. The van der Waals surface area contributed by atoms with Crippen molar-refractivity contribution < 1.29 is 23.9 Å². The minimum Gasteiger partial charge on any atom is -0.497 e. The summed E-state index contributed by atoms with van der Waals surface area (Å²) in [5.74, 6) is 2.53. The number of ether oxygens (including phenoxy) is 3. The number of carbonyl (C=O) groups is 1. The predicted octanol–water partition coefficient (Wildman–Crippen LogP) is 2.14. The van der Waals surface area contributed by atoms with Crippen molar-refractivity contribution in [1.29, 1.82) is 0 Å². The van der Waals surface area contributed by atoms with E-state index in [-0.39, 0.29) is 18.0 Å². The molecule has 6 heteroatoms. The molecule has 3 atom stereocenters. The van der Waals surface area contributed by atoms with Gasteiger partial charge in [0.25, 0.3) is 5.91 Å². The van der Waals surface area contributed by atoms with Crippen molar-refractivity contribution in [3.05, 3.63) is 53.6 Å². The van der Waals surface area contributed by atoms with Crippen LogP contribution in [0.5, 0.6) is 17.2 Å². The Kier molecular flexibility index (Phi) is 6.99. The Hall–Kier alpha value is -2.73. The minimum atomic E-state index is -0.156. The highest BCUT2D eigenvalue weighted by Crippen LogP contribution is 2.32. The van der Waals surface area contributed by atoms with Crippen LogP contribution in [0.2, 0.25) is 0 Å². The van der Waals surface area contributed by atoms with E-state index in [4.69, 9.17) is 14.2 Å². The Bertz CT molecular complexity index is 822. The van der Waals surface area contributed by atoms with Crippen LogP contribution < -0.4 is 24.4 Å². The molecule has 1 saturated heterocycles. The maximum Gasteiger partial charge on any atom is 0.278 e. The third-order valence-corrected chi connectivity index (χ3v) is 5.79. The Labute approximate surface area is 172 Å². The van der Waals surface area contributed by atoms with Crippen LogP contribution in [-0.4, -0.2) is 39.8 Å². The van der Waals surface area contributed by atoms with E-state index in [1.54, 1.807) is 21.3 Å². The number of benzene rings is 2. The lowest BCUT2D eigenvalue weighted by Crippen LogP contribution is -3.15. The fourth-order valence-electron chi connectivity index (χ4n) is 4.11. The second kappa shape index (κ2) is 9.65. The molecule has 29 heavy (non-hydrogen) atoms. The Morgan fingerprint density at radius 2 is 1.76 bits per heavy atom. The van der Waals surface area contributed by atoms with E-state index >= 15 is 0 Å². The molecule has 6 nitrogen and oxygen atoms in total. The second-order valence-corrected chi connectivity index (χ2v) is 7.42. The van der Waals surface area contributed by atoms with E-state index in [1.165, 1.54) is 4.90 Å². The maximum atomic E-state index is 12.9. The van der Waals surface area contributed by atoms with Gasteiger partial charge < -0.3 is 24.4 Å². The highest BCUT2D eigenvalue weighted by atomic mass is 16.5. The normalized spacial score (nSPS) is 19.4. The zero-order valence-electron chi connectivity index (χ0n) is 17.7. The zero-order valence-corrected chi connectivity index (χ0v) is 17.7. The molecule has 1 heterocycles. The van der Waals surface area contributed by atoms with Crippen LogP contribution in [0.15, 0.2) is 42.5 Å². The van der Waals surface area contributed by atoms with Crippen molar-refractivity contribution in [3.63, 3.8) is 0 Å². The molecule has 0 spiro atoms. The molecule has 0 saturated carbocycles. The number of methoxy groups -OCH3 is 3. The van der Waals surface area contributed by atoms with Gasteiger partial charge in [-0.2, -0.15) is 0 Å². The number of hydrogen-bond donors (Lipinski definition) is 2. The largest absolute Gasteiger partial charge is 0.497 e. The van der Waals surface area contributed by atoms with Gasteiger partial charge in [0.1, 0.15) is 23.3 Å². The van der Waals surface area contributed by atoms with Gasteiger partial charge in [-0.25, -0.2) is 0 Å². The topological polar surface area (TPSA) is 61.2 Å². The average molecular weight is 400 g/mol. The molecule has 0 radical (unpaired) electrons. The molecule has 0 aromatic heterocycles. The minimum absolute atomic E-state index is 0.0598. The van der Waals surface area contributed by atoms with Crippen molar-refractivity contribution in [2.45, 2.75) is 38.4 Å². The number of quaternary nitrogens is 1. The van der Waals surface area contributed by atoms with Crippen LogP contribution in [0, 0.1) is 0 Å². The van der Waals surface area contributed by atoms with Crippen LogP contribution >= 0.6 is 0 Å². The molecule has 1 amide bonds. The third kappa shape index (κ3) is 4.82. The lowest BCUT2D eigenvalue weighted by molar-refractivity contribution is -0.932. The molecular weight excluding hydrogens is 368 g/mol. The highest BCUT2D eigenvalue weighted by Gasteiger charge is 2.38. The van der Waals surface area contributed by atoms with E-state index in [9.17, 15) is 4.79 Å². The summed E-state index contributed by atoms with van der Waals surface area (Å²) in [5.41, 5.74) is 2.16. The van der Waals surface area contributed by atoms with Gasteiger partial charge in [-0.15, -0.1) is 0 Å². The Morgan fingerprint density at radius 1 is 1.07 bits per heavy atom. The third-order valence-electron chi connectivity index (χ3n) is 5.79. The second-order valence-electron chi connectivity index (χ2n) is 7.42. The number of amides is 1. The number of carbonyl (C=O) groups excluding carboxylic acids is 1. The van der Waals surface area contributed by atoms with Gasteiger partial charge in [0.05, 0.1) is 33.4 Å². The Morgan fingerprint density at radius 3 is 2.41 bits per heavy atom. The first-order valence-corrected chi connectivity index (χ1v) is 10.1. The fourth-order valence-corrected chi connectivity index (χ4v) is 4.11. The number of likely N-dealkylation sites (tertiary alicyclic amines) is 1. The highest BCUT2D eigenvalue weighted by molar-refractivity contribution is 5.80. The number of nitrogens with one attached hydrogen (secondary N) is 2. The first-order chi connectivity index (χ1) is 14.1. The molecule has 2 N–H and O–H groups in total. The van der Waals surface area contributed by atoms with Crippen molar-refractivity contribution in [2.24, 2.45) is 0 Å². The van der Waals surface area contributed by atoms with E-state index in [2.05, 4.69) is 5.32 Å². The monoisotopic (exact) mass is 399 g/mol. The van der Waals surface area contributed by atoms with Crippen LogP contribution in [-0.2, 0) is 11.3 Å². The molecular formula is C23H31N2O4+. The van der Waals surface area contributed by atoms with Crippen LogP contribution in [0.25, 0.3) is 0 Å². The summed E-state index contributed by atoms with van der Waals surface area (Å²) in [4.78, 5) is 14.1. The predicted molar refractivity (Wildman–Crippen MR) is 112 cm³/mol. The smallest absolute Gasteiger partial charge is 0.278 e. The molecule has 1 fully saturated rings. The van der Waals surface area contributed by atoms with Gasteiger partial charge in [0.2, 0.25) is 0 Å². The van der Waals surface area contributed by atoms with Crippen molar-refractivity contribution in [1.82, 2.24) is 5.32 Å². The van der Waals surface area contributed by atoms with E-state index in [0.717, 1.165) is 47.8 Å². The average Bonchev–Trinajstić information content (AvgIpc) is 3.26. The molecule has 3 rings (SSSR count). The van der Waals surface area contributed by atoms with Crippen LogP contribution in [0.3, 0.4) is 0 Å². The van der Waals surface area contributed by atoms with Gasteiger partial charge in [0, 0.05) is 19.4 Å². The lowest BCUT2D eigenvalue weighted by Gasteiger charge is -2.28. The lowest BCUT2D eigenvalue weighted by atomic mass is 10.0. The Balaban J connectivity index is 1.69. The molecule has 1 unspecified atom stereocenters. The molecule has 0 aliphatic carbocycles. The van der Waals surface area contributed by atoms with Gasteiger partial charge in [-0.1, -0.05) is 12.1 Å². The maximum absolute atomic E-state index is 12.9. The van der Waals surface area contributed by atoms with E-state index < -0.39 is 0 Å². The molecule has 2 aromatic carbocycles. The standard InChI is InChI=1S/C23H30N2O4/c1-16(23(26)24-15-17-7-9-18(27-2)10-8-17)25-13-5-6-21(25)20-14-19(28-3)11-12-22(20)29-4/h7-12,14,16,21H,5-6,13,15H2,1-4H3,(H,24,26)/p+1/t16-,21-/m1/s1. The molecule has 1 aliphatic heterocycles. The molecule has 2 aromatic rings. The summed E-state index contributed by atoms with van der Waals surface area (Å²) < 4.78 is 16.2. The van der Waals surface area contributed by atoms with Crippen LogP contribution in [0.1, 0.15) is 36.9 Å². The van der Waals surface area contributed by atoms with Crippen molar-refractivity contribution in [3.8, 4) is 17.2 Å². The van der Waals surface area contributed by atoms with E-state index in [1.807, 2.05) is 49.4 Å². The van der Waals surface area contributed by atoms with Gasteiger partial charge in [-0.05, 0) is 42.8 Å². The van der Waals surface area contributed by atoms with Crippen LogP contribution in [0.4, 0.5) is 0 Å². The summed E-state index contributed by atoms with van der Waals surface area (Å²) >= 11 is 0. The summed E-state index contributed by atoms with van der Waals surface area (Å²) in [6.07, 6.45) is 2.10. The summed E-state index contributed by atoms with van der Waals surface area (Å²) in [6, 6.07) is 13.7. The van der Waals surface area contributed by atoms with Gasteiger partial charge >= 0.3 is 0 Å². The first-order valence-electron chi connectivity index (χ1n) is 10.1. The number of hydrogen-bond acceptors (Lipinski definition) is 4. The summed E-state index contributed by atoms with van der Waals surface area (Å²) in [6.45, 7) is 3.47. The zero-order chi connectivity index (χ0) is 20.8. The quantitative estimate of drug-likeness (QED) is 0.714. The fraction of sp³-hybridized carbons (Fsp3) is 0.435. The van der Waals surface area contributed by atoms with Crippen molar-refractivity contribution in [2.75, 3.05) is 27.9 Å². The van der Waals surface area contributed by atoms with Crippen molar-refractivity contribution >= 4 is 5.91 Å². The summed E-state index contributed by atoms with van der Waals surface area (Å²) in [7, 11) is 5.00.